The average molecular weight is 375 g/mol. The molecule has 2 aromatic rings. The van der Waals surface area contributed by atoms with Gasteiger partial charge in [0.15, 0.2) is 11.8 Å². The van der Waals surface area contributed by atoms with Gasteiger partial charge < -0.3 is 0 Å². The van der Waals surface area contributed by atoms with Gasteiger partial charge in [-0.15, -0.1) is 0 Å². The molecule has 0 fully saturated rings. The van der Waals surface area contributed by atoms with Gasteiger partial charge in [0.25, 0.3) is 0 Å². The van der Waals surface area contributed by atoms with E-state index in [0.29, 0.717) is 6.04 Å². The lowest BCUT2D eigenvalue weighted by Gasteiger charge is -2.19. The van der Waals surface area contributed by atoms with Crippen LogP contribution in [-0.4, -0.2) is 33.7 Å². The van der Waals surface area contributed by atoms with E-state index in [-0.39, 0.29) is 10.8 Å². The van der Waals surface area contributed by atoms with Crippen LogP contribution in [0.3, 0.4) is 0 Å². The van der Waals surface area contributed by atoms with E-state index < -0.39 is 0 Å². The van der Waals surface area contributed by atoms with Crippen molar-refractivity contribution >= 4 is 23.3 Å². The second-order valence-corrected chi connectivity index (χ2v) is 9.53. The van der Waals surface area contributed by atoms with Crippen molar-refractivity contribution in [1.82, 2.24) is 0 Å². The molecular formula is C26H34N2+2. The van der Waals surface area contributed by atoms with E-state index in [4.69, 9.17) is 0 Å². The fourth-order valence-corrected chi connectivity index (χ4v) is 5.00. The van der Waals surface area contributed by atoms with Gasteiger partial charge in [-0.1, -0.05) is 36.4 Å². The standard InChI is InChI=1S/C26H34N2/c1-19-25(3,4)21-13-7-9-15-23(21)27(19)17-11-12-18-28-20(2)26(5,6)22-14-8-10-16-24(22)28/h7-10,13-17,19H,11-12,18H2,1-6H3/q+2. The normalized spacial score (nSPS) is 23.2. The Hall–Kier alpha value is -2.22. The maximum atomic E-state index is 2.54. The van der Waals surface area contributed by atoms with Crippen molar-refractivity contribution in [2.24, 2.45) is 0 Å². The van der Waals surface area contributed by atoms with Crippen molar-refractivity contribution in [3.05, 3.63) is 59.7 Å². The molecule has 2 nitrogen and oxygen atoms in total. The zero-order valence-electron chi connectivity index (χ0n) is 18.3. The first-order valence-electron chi connectivity index (χ1n) is 10.7. The molecule has 0 radical (unpaired) electrons. The smallest absolute Gasteiger partial charge is 0.199 e. The Kier molecular flexibility index (Phi) is 4.56. The van der Waals surface area contributed by atoms with Crippen molar-refractivity contribution in [2.75, 3.05) is 6.54 Å². The molecule has 1 atom stereocenters. The summed E-state index contributed by atoms with van der Waals surface area (Å²) in [4.78, 5) is 0. The van der Waals surface area contributed by atoms with E-state index in [1.165, 1.54) is 28.2 Å². The number of para-hydroxylation sites is 2. The first-order valence-corrected chi connectivity index (χ1v) is 10.7. The lowest BCUT2D eigenvalue weighted by atomic mass is 9.81. The van der Waals surface area contributed by atoms with Gasteiger partial charge in [-0.3, -0.25) is 0 Å². The summed E-state index contributed by atoms with van der Waals surface area (Å²) in [6.07, 6.45) is 4.69. The van der Waals surface area contributed by atoms with Crippen LogP contribution in [0.1, 0.15) is 65.5 Å². The summed E-state index contributed by atoms with van der Waals surface area (Å²) in [5.41, 5.74) is 7.50. The molecule has 1 unspecified atom stereocenters. The fraction of sp³-hybridized carbons (Fsp3) is 0.462. The quantitative estimate of drug-likeness (QED) is 0.460. The molecule has 0 spiro atoms. The zero-order valence-corrected chi connectivity index (χ0v) is 18.3. The Morgan fingerprint density at radius 3 is 2.21 bits per heavy atom. The number of fused-ring (bicyclic) bond motifs is 2. The minimum Gasteiger partial charge on any atom is -0.199 e. The Morgan fingerprint density at radius 1 is 0.893 bits per heavy atom. The number of hydrogen-bond acceptors (Lipinski definition) is 0. The van der Waals surface area contributed by atoms with Gasteiger partial charge in [-0.2, -0.15) is 9.15 Å². The predicted molar refractivity (Wildman–Crippen MR) is 119 cm³/mol. The summed E-state index contributed by atoms with van der Waals surface area (Å²) in [7, 11) is 0. The SMILES string of the molecule is CC1=[N+](CCCC=[N+]2c3ccccc3C(C)(C)C2C)c2ccccc2C1(C)C. The third kappa shape index (κ3) is 2.77. The van der Waals surface area contributed by atoms with Crippen LogP contribution in [0.25, 0.3) is 0 Å². The number of benzene rings is 2. The highest BCUT2D eigenvalue weighted by Crippen LogP contribution is 2.43. The van der Waals surface area contributed by atoms with Crippen molar-refractivity contribution in [3.8, 4) is 0 Å². The molecule has 0 N–H and O–H groups in total. The molecule has 0 aliphatic carbocycles. The first-order chi connectivity index (χ1) is 13.3. The molecule has 0 bridgehead atoms. The molecule has 2 heterocycles. The van der Waals surface area contributed by atoms with Gasteiger partial charge in [-0.05, 0) is 34.6 Å². The van der Waals surface area contributed by atoms with Crippen molar-refractivity contribution in [2.45, 2.75) is 71.3 Å². The highest BCUT2D eigenvalue weighted by atomic mass is 15.1. The monoisotopic (exact) mass is 374 g/mol. The topological polar surface area (TPSA) is 6.02 Å². The lowest BCUT2D eigenvalue weighted by molar-refractivity contribution is -0.475. The van der Waals surface area contributed by atoms with Gasteiger partial charge >= 0.3 is 0 Å². The van der Waals surface area contributed by atoms with Gasteiger partial charge in [0.1, 0.15) is 12.8 Å². The number of nitrogens with zero attached hydrogens (tertiary/aromatic N) is 2. The third-order valence-corrected chi connectivity index (χ3v) is 7.43. The van der Waals surface area contributed by atoms with Crippen LogP contribution in [0.5, 0.6) is 0 Å². The Balaban J connectivity index is 1.52. The van der Waals surface area contributed by atoms with E-state index >= 15 is 0 Å². The summed E-state index contributed by atoms with van der Waals surface area (Å²) < 4.78 is 5.04. The van der Waals surface area contributed by atoms with Crippen LogP contribution < -0.4 is 0 Å². The van der Waals surface area contributed by atoms with Crippen LogP contribution in [0.4, 0.5) is 11.4 Å². The lowest BCUT2D eigenvalue weighted by Crippen LogP contribution is -2.31. The van der Waals surface area contributed by atoms with E-state index in [2.05, 4.69) is 105 Å². The van der Waals surface area contributed by atoms with Crippen LogP contribution in [0.15, 0.2) is 48.5 Å². The summed E-state index contributed by atoms with van der Waals surface area (Å²) in [5.74, 6) is 0. The van der Waals surface area contributed by atoms with E-state index in [9.17, 15) is 0 Å². The molecule has 2 aliphatic heterocycles. The molecule has 2 aliphatic rings. The Bertz CT molecular complexity index is 975. The summed E-state index contributed by atoms with van der Waals surface area (Å²) in [6, 6.07) is 18.3. The van der Waals surface area contributed by atoms with Crippen molar-refractivity contribution in [1.29, 1.82) is 0 Å². The predicted octanol–water partition coefficient (Wildman–Crippen LogP) is 5.96. The first kappa shape index (κ1) is 19.1. The molecule has 2 heteroatoms. The van der Waals surface area contributed by atoms with Crippen LogP contribution in [-0.2, 0) is 10.8 Å². The maximum Gasteiger partial charge on any atom is 0.209 e. The van der Waals surface area contributed by atoms with Crippen molar-refractivity contribution < 1.29 is 9.15 Å². The molecule has 0 saturated heterocycles. The van der Waals surface area contributed by atoms with Crippen molar-refractivity contribution in [3.63, 3.8) is 0 Å². The second-order valence-electron chi connectivity index (χ2n) is 9.53. The minimum absolute atomic E-state index is 0.132. The Morgan fingerprint density at radius 2 is 1.50 bits per heavy atom. The molecule has 2 aromatic carbocycles. The third-order valence-electron chi connectivity index (χ3n) is 7.43. The molecule has 146 valence electrons. The molecule has 0 saturated carbocycles. The van der Waals surface area contributed by atoms with Gasteiger partial charge in [0, 0.05) is 43.0 Å². The van der Waals surface area contributed by atoms with Crippen LogP contribution in [0.2, 0.25) is 0 Å². The average Bonchev–Trinajstić information content (AvgIpc) is 3.00. The van der Waals surface area contributed by atoms with Gasteiger partial charge in [0.05, 0.1) is 10.8 Å². The maximum absolute atomic E-state index is 2.54. The van der Waals surface area contributed by atoms with Crippen LogP contribution >= 0.6 is 0 Å². The van der Waals surface area contributed by atoms with E-state index in [1.807, 2.05) is 0 Å². The summed E-state index contributed by atoms with van der Waals surface area (Å²) in [6.45, 7) is 15.2. The summed E-state index contributed by atoms with van der Waals surface area (Å²) in [5, 5.41) is 0. The largest absolute Gasteiger partial charge is 0.209 e. The molecule has 28 heavy (non-hydrogen) atoms. The minimum atomic E-state index is 0.132. The van der Waals surface area contributed by atoms with Gasteiger partial charge in [0.2, 0.25) is 11.4 Å². The number of hydrogen-bond donors (Lipinski definition) is 0. The van der Waals surface area contributed by atoms with Crippen LogP contribution in [0, 0.1) is 0 Å². The van der Waals surface area contributed by atoms with E-state index in [1.54, 1.807) is 0 Å². The number of rotatable bonds is 4. The fourth-order valence-electron chi connectivity index (χ4n) is 5.00. The van der Waals surface area contributed by atoms with E-state index in [0.717, 1.165) is 19.4 Å². The summed E-state index contributed by atoms with van der Waals surface area (Å²) >= 11 is 0. The highest BCUT2D eigenvalue weighted by molar-refractivity contribution is 5.93. The molecule has 4 rings (SSSR count). The Labute approximate surface area is 170 Å². The molecule has 0 amide bonds. The number of unbranched alkanes of at least 4 members (excludes halogenated alkanes) is 1. The van der Waals surface area contributed by atoms with Gasteiger partial charge in [-0.25, -0.2) is 0 Å². The molecule has 0 aromatic heterocycles. The zero-order chi connectivity index (χ0) is 20.1. The highest BCUT2D eigenvalue weighted by Gasteiger charge is 2.46. The second kappa shape index (κ2) is 6.69. The molecular weight excluding hydrogens is 340 g/mol.